The van der Waals surface area contributed by atoms with E-state index in [1.54, 1.807) is 18.3 Å². The summed E-state index contributed by atoms with van der Waals surface area (Å²) < 4.78 is 13.1. The van der Waals surface area contributed by atoms with Crippen LogP contribution < -0.4 is 5.32 Å². The Hall–Kier alpha value is -3.19. The first kappa shape index (κ1) is 18.2. The summed E-state index contributed by atoms with van der Waals surface area (Å²) in [5.74, 6) is 1.33. The van der Waals surface area contributed by atoms with Gasteiger partial charge in [0.2, 0.25) is 5.91 Å². The summed E-state index contributed by atoms with van der Waals surface area (Å²) in [7, 11) is 0. The minimum atomic E-state index is -0.286. The van der Waals surface area contributed by atoms with E-state index in [1.807, 2.05) is 36.4 Å². The standard InChI is InChI=1S/C21H17FN4OS/c22-15-6-4-14(5-7-15)21-25-18-9-8-16(11-19(18)26-21)24-20(27)13-28-12-17-3-1-2-10-23-17/h1-11H,12-13H2,(H,24,27)(H,25,26). The van der Waals surface area contributed by atoms with Crippen LogP contribution in [0.3, 0.4) is 0 Å². The van der Waals surface area contributed by atoms with Gasteiger partial charge in [0.05, 0.1) is 22.5 Å². The van der Waals surface area contributed by atoms with Crippen molar-refractivity contribution in [3.63, 3.8) is 0 Å². The molecule has 2 heterocycles. The van der Waals surface area contributed by atoms with Gasteiger partial charge in [0.15, 0.2) is 0 Å². The van der Waals surface area contributed by atoms with Crippen LogP contribution in [0.25, 0.3) is 22.4 Å². The third-order valence-electron chi connectivity index (χ3n) is 4.09. The summed E-state index contributed by atoms with van der Waals surface area (Å²) in [6, 6.07) is 17.4. The van der Waals surface area contributed by atoms with Crippen LogP contribution >= 0.6 is 11.8 Å². The zero-order valence-corrected chi connectivity index (χ0v) is 15.7. The van der Waals surface area contributed by atoms with Gasteiger partial charge >= 0.3 is 0 Å². The Morgan fingerprint density at radius 2 is 1.96 bits per heavy atom. The Morgan fingerprint density at radius 1 is 1.11 bits per heavy atom. The van der Waals surface area contributed by atoms with Crippen LogP contribution in [0, 0.1) is 5.82 Å². The molecule has 2 aromatic heterocycles. The number of carbonyl (C=O) groups excluding carboxylic acids is 1. The Balaban J connectivity index is 1.40. The molecule has 7 heteroatoms. The lowest BCUT2D eigenvalue weighted by atomic mass is 10.2. The highest BCUT2D eigenvalue weighted by atomic mass is 32.2. The van der Waals surface area contributed by atoms with Crippen molar-refractivity contribution in [2.24, 2.45) is 0 Å². The van der Waals surface area contributed by atoms with E-state index in [9.17, 15) is 9.18 Å². The number of fused-ring (bicyclic) bond motifs is 1. The number of carbonyl (C=O) groups is 1. The lowest BCUT2D eigenvalue weighted by Crippen LogP contribution is -2.14. The lowest BCUT2D eigenvalue weighted by Gasteiger charge is -2.05. The molecule has 1 amide bonds. The second-order valence-electron chi connectivity index (χ2n) is 6.19. The van der Waals surface area contributed by atoms with E-state index in [0.29, 0.717) is 23.0 Å². The van der Waals surface area contributed by atoms with E-state index in [-0.39, 0.29) is 11.7 Å². The number of nitrogens with one attached hydrogen (secondary N) is 2. The molecule has 2 aromatic carbocycles. The van der Waals surface area contributed by atoms with Crippen molar-refractivity contribution in [1.29, 1.82) is 0 Å². The van der Waals surface area contributed by atoms with Gasteiger partial charge in [0.1, 0.15) is 11.6 Å². The summed E-state index contributed by atoms with van der Waals surface area (Å²) in [4.78, 5) is 24.2. The highest BCUT2D eigenvalue weighted by molar-refractivity contribution is 7.99. The molecule has 0 atom stereocenters. The van der Waals surface area contributed by atoms with Gasteiger partial charge in [-0.25, -0.2) is 9.37 Å². The topological polar surface area (TPSA) is 70.7 Å². The lowest BCUT2D eigenvalue weighted by molar-refractivity contribution is -0.113. The average Bonchev–Trinajstić information content (AvgIpc) is 3.13. The van der Waals surface area contributed by atoms with Crippen LogP contribution in [-0.4, -0.2) is 26.6 Å². The van der Waals surface area contributed by atoms with Crippen molar-refractivity contribution in [3.05, 3.63) is 78.4 Å². The van der Waals surface area contributed by atoms with E-state index in [1.165, 1.54) is 23.9 Å². The van der Waals surface area contributed by atoms with Crippen LogP contribution in [-0.2, 0) is 10.5 Å². The average molecular weight is 392 g/mol. The number of hydrogen-bond acceptors (Lipinski definition) is 4. The van der Waals surface area contributed by atoms with Gasteiger partial charge in [-0.05, 0) is 54.6 Å². The van der Waals surface area contributed by atoms with Crippen LogP contribution in [0.4, 0.5) is 10.1 Å². The minimum Gasteiger partial charge on any atom is -0.338 e. The maximum Gasteiger partial charge on any atom is 0.234 e. The summed E-state index contributed by atoms with van der Waals surface area (Å²) in [6.07, 6.45) is 1.75. The maximum atomic E-state index is 13.1. The molecule has 0 radical (unpaired) electrons. The number of amides is 1. The summed E-state index contributed by atoms with van der Waals surface area (Å²) in [6.45, 7) is 0. The fourth-order valence-electron chi connectivity index (χ4n) is 2.76. The van der Waals surface area contributed by atoms with Crippen molar-refractivity contribution >= 4 is 34.4 Å². The molecular weight excluding hydrogens is 375 g/mol. The molecule has 4 rings (SSSR count). The highest BCUT2D eigenvalue weighted by Crippen LogP contribution is 2.23. The molecule has 0 saturated heterocycles. The third kappa shape index (κ3) is 4.37. The molecule has 5 nitrogen and oxygen atoms in total. The van der Waals surface area contributed by atoms with Crippen LogP contribution in [0.1, 0.15) is 5.69 Å². The Bertz CT molecular complexity index is 1100. The molecule has 4 aromatic rings. The molecule has 0 aliphatic rings. The molecule has 2 N–H and O–H groups in total. The van der Waals surface area contributed by atoms with Crippen molar-refractivity contribution in [2.75, 3.05) is 11.1 Å². The molecule has 0 saturated carbocycles. The number of H-pyrrole nitrogens is 1. The van der Waals surface area contributed by atoms with Crippen LogP contribution in [0.2, 0.25) is 0 Å². The van der Waals surface area contributed by atoms with Gasteiger partial charge in [-0.15, -0.1) is 11.8 Å². The van der Waals surface area contributed by atoms with E-state index in [2.05, 4.69) is 20.3 Å². The number of nitrogens with zero attached hydrogens (tertiary/aromatic N) is 2. The number of aromatic nitrogens is 3. The monoisotopic (exact) mass is 392 g/mol. The molecule has 0 spiro atoms. The fraction of sp³-hybridized carbons (Fsp3) is 0.0952. The van der Waals surface area contributed by atoms with Crippen LogP contribution in [0.5, 0.6) is 0 Å². The number of halogens is 1. The largest absolute Gasteiger partial charge is 0.338 e. The predicted molar refractivity (Wildman–Crippen MR) is 111 cm³/mol. The molecule has 0 aliphatic carbocycles. The van der Waals surface area contributed by atoms with E-state index in [4.69, 9.17) is 0 Å². The van der Waals surface area contributed by atoms with Gasteiger partial charge in [-0.2, -0.15) is 0 Å². The maximum absolute atomic E-state index is 13.1. The number of thioether (sulfide) groups is 1. The van der Waals surface area contributed by atoms with Crippen molar-refractivity contribution in [1.82, 2.24) is 15.0 Å². The molecule has 0 bridgehead atoms. The number of imidazole rings is 1. The van der Waals surface area contributed by atoms with Gasteiger partial charge in [0.25, 0.3) is 0 Å². The van der Waals surface area contributed by atoms with Gasteiger partial charge in [-0.3, -0.25) is 9.78 Å². The van der Waals surface area contributed by atoms with Crippen molar-refractivity contribution in [2.45, 2.75) is 5.75 Å². The number of pyridine rings is 1. The van der Waals surface area contributed by atoms with E-state index in [0.717, 1.165) is 22.3 Å². The number of anilines is 1. The zero-order valence-electron chi connectivity index (χ0n) is 14.9. The Labute approximate surface area is 165 Å². The third-order valence-corrected chi connectivity index (χ3v) is 5.06. The van der Waals surface area contributed by atoms with E-state index < -0.39 is 0 Å². The normalized spacial score (nSPS) is 10.9. The minimum absolute atomic E-state index is 0.0708. The quantitative estimate of drug-likeness (QED) is 0.502. The smallest absolute Gasteiger partial charge is 0.234 e. The van der Waals surface area contributed by atoms with Gasteiger partial charge in [-0.1, -0.05) is 6.07 Å². The molecular formula is C21H17FN4OS. The predicted octanol–water partition coefficient (Wildman–Crippen LogP) is 4.64. The first-order chi connectivity index (χ1) is 13.7. The van der Waals surface area contributed by atoms with Gasteiger partial charge in [0, 0.05) is 23.2 Å². The van der Waals surface area contributed by atoms with Crippen molar-refractivity contribution < 1.29 is 9.18 Å². The van der Waals surface area contributed by atoms with Crippen molar-refractivity contribution in [3.8, 4) is 11.4 Å². The number of hydrogen-bond donors (Lipinski definition) is 2. The second-order valence-corrected chi connectivity index (χ2v) is 7.17. The first-order valence-electron chi connectivity index (χ1n) is 8.70. The number of benzene rings is 2. The molecule has 28 heavy (non-hydrogen) atoms. The van der Waals surface area contributed by atoms with E-state index >= 15 is 0 Å². The molecule has 0 unspecified atom stereocenters. The zero-order chi connectivity index (χ0) is 19.3. The number of rotatable bonds is 6. The molecule has 0 fully saturated rings. The highest BCUT2D eigenvalue weighted by Gasteiger charge is 2.08. The van der Waals surface area contributed by atoms with Gasteiger partial charge < -0.3 is 10.3 Å². The molecule has 140 valence electrons. The molecule has 0 aliphatic heterocycles. The summed E-state index contributed by atoms with van der Waals surface area (Å²) >= 11 is 1.51. The Kier molecular flexibility index (Phi) is 5.34. The first-order valence-corrected chi connectivity index (χ1v) is 9.86. The Morgan fingerprint density at radius 3 is 2.75 bits per heavy atom. The SMILES string of the molecule is O=C(CSCc1ccccn1)Nc1ccc2nc(-c3ccc(F)cc3)[nH]c2c1. The number of aromatic amines is 1. The second kappa shape index (κ2) is 8.22. The van der Waals surface area contributed by atoms with Crippen LogP contribution in [0.15, 0.2) is 66.9 Å². The summed E-state index contributed by atoms with van der Waals surface area (Å²) in [5.41, 5.74) is 4.03. The fourth-order valence-corrected chi connectivity index (χ4v) is 3.50. The summed E-state index contributed by atoms with van der Waals surface area (Å²) in [5, 5.41) is 2.90.